The molecule has 0 saturated carbocycles. The minimum atomic E-state index is 1.25. The average Bonchev–Trinajstić information content (AvgIpc) is 2.82. The first-order chi connectivity index (χ1) is 15.3. The van der Waals surface area contributed by atoms with Crippen LogP contribution in [0.4, 0.5) is 0 Å². The third-order valence-corrected chi connectivity index (χ3v) is 6.27. The second kappa shape index (κ2) is 7.11. The number of benzene rings is 6. The molecule has 146 valence electrons. The van der Waals surface area contributed by atoms with Crippen molar-refractivity contribution in [2.24, 2.45) is 0 Å². The lowest BCUT2D eigenvalue weighted by atomic mass is 9.89. The van der Waals surface area contributed by atoms with Gasteiger partial charge in [0.1, 0.15) is 0 Å². The lowest BCUT2D eigenvalue weighted by molar-refractivity contribution is 1.51. The van der Waals surface area contributed by atoms with Gasteiger partial charge in [-0.15, -0.1) is 0 Å². The van der Waals surface area contributed by atoms with Gasteiger partial charge in [0.2, 0.25) is 0 Å². The van der Waals surface area contributed by atoms with E-state index in [-0.39, 0.29) is 0 Å². The topological polar surface area (TPSA) is 0 Å². The Kier molecular flexibility index (Phi) is 4.11. The van der Waals surface area contributed by atoms with Gasteiger partial charge in [-0.3, -0.25) is 0 Å². The van der Waals surface area contributed by atoms with Crippen molar-refractivity contribution in [3.63, 3.8) is 0 Å². The van der Waals surface area contributed by atoms with Gasteiger partial charge in [0.15, 0.2) is 0 Å². The molecule has 0 atom stereocenters. The molecule has 0 N–H and O–H groups in total. The fourth-order valence-electron chi connectivity index (χ4n) is 4.82. The molecule has 0 nitrogen and oxygen atoms in total. The zero-order chi connectivity index (χ0) is 20.8. The van der Waals surface area contributed by atoms with Crippen molar-refractivity contribution in [2.75, 3.05) is 0 Å². The summed E-state index contributed by atoms with van der Waals surface area (Å²) in [5, 5.41) is 7.75. The van der Waals surface area contributed by atoms with Crippen LogP contribution in [0.1, 0.15) is 5.56 Å². The van der Waals surface area contributed by atoms with E-state index in [0.717, 1.165) is 0 Å². The number of aryl methyl sites for hydroxylation is 1. The zero-order valence-electron chi connectivity index (χ0n) is 17.5. The van der Waals surface area contributed by atoms with E-state index >= 15 is 0 Å². The molecule has 0 amide bonds. The van der Waals surface area contributed by atoms with Crippen LogP contribution in [0.2, 0.25) is 0 Å². The van der Waals surface area contributed by atoms with Crippen LogP contribution in [-0.2, 0) is 0 Å². The largest absolute Gasteiger partial charge is 0.0616 e. The van der Waals surface area contributed by atoms with E-state index in [4.69, 9.17) is 0 Å². The van der Waals surface area contributed by atoms with Gasteiger partial charge in [-0.25, -0.2) is 0 Å². The van der Waals surface area contributed by atoms with E-state index in [9.17, 15) is 0 Å². The Bertz CT molecular complexity index is 1580. The molecule has 0 saturated heterocycles. The number of hydrogen-bond acceptors (Lipinski definition) is 0. The first-order valence-corrected chi connectivity index (χ1v) is 10.8. The van der Waals surface area contributed by atoms with Crippen molar-refractivity contribution in [3.05, 3.63) is 121 Å². The SMILES string of the molecule is Cc1ccc2c(-c3cccc(-c4cccc5ccccc45)c3)c3ccccc3cc2c1. The number of fused-ring (bicyclic) bond motifs is 3. The first kappa shape index (κ1) is 17.9. The van der Waals surface area contributed by atoms with Gasteiger partial charge in [-0.05, 0) is 73.6 Å². The van der Waals surface area contributed by atoms with Crippen LogP contribution < -0.4 is 0 Å². The lowest BCUT2D eigenvalue weighted by Gasteiger charge is -2.14. The smallest absolute Gasteiger partial charge is 0.00266 e. The first-order valence-electron chi connectivity index (χ1n) is 10.8. The van der Waals surface area contributed by atoms with Gasteiger partial charge in [0.25, 0.3) is 0 Å². The minimum absolute atomic E-state index is 1.25. The summed E-state index contributed by atoms with van der Waals surface area (Å²) in [6, 6.07) is 42.0. The number of hydrogen-bond donors (Lipinski definition) is 0. The maximum Gasteiger partial charge on any atom is -0.00266 e. The summed E-state index contributed by atoms with van der Waals surface area (Å²) in [5.74, 6) is 0. The van der Waals surface area contributed by atoms with Crippen molar-refractivity contribution >= 4 is 32.3 Å². The maximum atomic E-state index is 2.35. The quantitative estimate of drug-likeness (QED) is 0.257. The summed E-state index contributed by atoms with van der Waals surface area (Å²) in [4.78, 5) is 0. The van der Waals surface area contributed by atoms with E-state index in [1.807, 2.05) is 0 Å². The second-order valence-corrected chi connectivity index (χ2v) is 8.30. The van der Waals surface area contributed by atoms with Crippen LogP contribution in [-0.4, -0.2) is 0 Å². The van der Waals surface area contributed by atoms with Crippen molar-refractivity contribution in [1.82, 2.24) is 0 Å². The fourth-order valence-corrected chi connectivity index (χ4v) is 4.82. The molecule has 6 aromatic rings. The highest BCUT2D eigenvalue weighted by Gasteiger charge is 2.12. The monoisotopic (exact) mass is 394 g/mol. The molecular formula is C31H22. The molecule has 0 unspecified atom stereocenters. The molecule has 0 heterocycles. The van der Waals surface area contributed by atoms with Gasteiger partial charge in [0, 0.05) is 0 Å². The van der Waals surface area contributed by atoms with Crippen molar-refractivity contribution in [2.45, 2.75) is 6.92 Å². The highest BCUT2D eigenvalue weighted by atomic mass is 14.2. The lowest BCUT2D eigenvalue weighted by Crippen LogP contribution is -1.88. The molecule has 6 aromatic carbocycles. The molecule has 0 heteroatoms. The Balaban J connectivity index is 1.66. The van der Waals surface area contributed by atoms with Crippen molar-refractivity contribution in [1.29, 1.82) is 0 Å². The van der Waals surface area contributed by atoms with Crippen molar-refractivity contribution < 1.29 is 0 Å². The third-order valence-electron chi connectivity index (χ3n) is 6.27. The van der Waals surface area contributed by atoms with Gasteiger partial charge in [0.05, 0.1) is 0 Å². The van der Waals surface area contributed by atoms with Crippen LogP contribution >= 0.6 is 0 Å². The Morgan fingerprint density at radius 3 is 2.00 bits per heavy atom. The van der Waals surface area contributed by atoms with Gasteiger partial charge in [-0.1, -0.05) is 109 Å². The summed E-state index contributed by atoms with van der Waals surface area (Å²) in [7, 11) is 0. The van der Waals surface area contributed by atoms with Gasteiger partial charge < -0.3 is 0 Å². The molecule has 0 aliphatic heterocycles. The molecule has 6 rings (SSSR count). The van der Waals surface area contributed by atoms with Crippen LogP contribution in [0.5, 0.6) is 0 Å². The minimum Gasteiger partial charge on any atom is -0.0616 e. The van der Waals surface area contributed by atoms with E-state index in [2.05, 4.69) is 122 Å². The number of rotatable bonds is 2. The standard InChI is InChI=1S/C31H22/c1-21-16-17-30-26(18-21)20-24-9-3-5-14-29(24)31(30)25-12-6-11-23(19-25)28-15-7-10-22-8-2-4-13-27(22)28/h2-20H,1H3. The molecule has 0 fully saturated rings. The molecule has 0 aliphatic rings. The van der Waals surface area contributed by atoms with Crippen LogP contribution in [0, 0.1) is 6.92 Å². The molecule has 0 aliphatic carbocycles. The molecule has 31 heavy (non-hydrogen) atoms. The second-order valence-electron chi connectivity index (χ2n) is 8.30. The highest BCUT2D eigenvalue weighted by molar-refractivity contribution is 6.13. The predicted molar refractivity (Wildman–Crippen MR) is 135 cm³/mol. The molecule has 0 bridgehead atoms. The fraction of sp³-hybridized carbons (Fsp3) is 0.0323. The normalized spacial score (nSPS) is 11.4. The van der Waals surface area contributed by atoms with E-state index < -0.39 is 0 Å². The Morgan fingerprint density at radius 1 is 0.419 bits per heavy atom. The van der Waals surface area contributed by atoms with E-state index in [0.29, 0.717) is 0 Å². The van der Waals surface area contributed by atoms with Gasteiger partial charge >= 0.3 is 0 Å². The van der Waals surface area contributed by atoms with E-state index in [1.165, 1.54) is 60.1 Å². The Labute approximate surface area is 182 Å². The average molecular weight is 395 g/mol. The Morgan fingerprint density at radius 2 is 1.10 bits per heavy atom. The van der Waals surface area contributed by atoms with Gasteiger partial charge in [-0.2, -0.15) is 0 Å². The molecule has 0 radical (unpaired) electrons. The highest BCUT2D eigenvalue weighted by Crippen LogP contribution is 2.39. The third kappa shape index (κ3) is 3.00. The summed E-state index contributed by atoms with van der Waals surface area (Å²) < 4.78 is 0. The van der Waals surface area contributed by atoms with Crippen molar-refractivity contribution in [3.8, 4) is 22.3 Å². The molecule has 0 spiro atoms. The summed E-state index contributed by atoms with van der Waals surface area (Å²) >= 11 is 0. The Hall–Kier alpha value is -3.90. The molecule has 0 aromatic heterocycles. The van der Waals surface area contributed by atoms with Crippen LogP contribution in [0.3, 0.4) is 0 Å². The summed E-state index contributed by atoms with van der Waals surface area (Å²) in [6.45, 7) is 2.16. The predicted octanol–water partition coefficient (Wildman–Crippen LogP) is 8.79. The maximum absolute atomic E-state index is 2.35. The zero-order valence-corrected chi connectivity index (χ0v) is 17.5. The van der Waals surface area contributed by atoms with Crippen LogP contribution in [0.25, 0.3) is 54.6 Å². The van der Waals surface area contributed by atoms with E-state index in [1.54, 1.807) is 0 Å². The van der Waals surface area contributed by atoms with Crippen LogP contribution in [0.15, 0.2) is 115 Å². The summed E-state index contributed by atoms with van der Waals surface area (Å²) in [5.41, 5.74) is 6.40. The summed E-state index contributed by atoms with van der Waals surface area (Å²) in [6.07, 6.45) is 0. The molecular weight excluding hydrogens is 372 g/mol.